The minimum absolute atomic E-state index is 0.234. The third-order valence-corrected chi connectivity index (χ3v) is 6.62. The molecule has 2 aliphatic heterocycles. The molecule has 8 heteroatoms. The first-order chi connectivity index (χ1) is 16.0. The number of esters is 1. The third kappa shape index (κ3) is 4.90. The Labute approximate surface area is 197 Å². The average Bonchev–Trinajstić information content (AvgIpc) is 2.83. The predicted molar refractivity (Wildman–Crippen MR) is 131 cm³/mol. The number of benzene rings is 2. The average molecular weight is 466 g/mol. The Kier molecular flexibility index (Phi) is 7.03. The summed E-state index contributed by atoms with van der Waals surface area (Å²) < 4.78 is 10.6. The predicted octanol–water partition coefficient (Wildman–Crippen LogP) is 4.63. The lowest BCUT2D eigenvalue weighted by Crippen LogP contribution is -2.42. The zero-order valence-electron chi connectivity index (χ0n) is 19.0. The van der Waals surface area contributed by atoms with Gasteiger partial charge in [-0.1, -0.05) is 30.0 Å². The summed E-state index contributed by atoms with van der Waals surface area (Å²) in [6.45, 7) is 4.75. The lowest BCUT2D eigenvalue weighted by Gasteiger charge is -2.40. The summed E-state index contributed by atoms with van der Waals surface area (Å²) in [5.74, 6) is 1.03. The van der Waals surface area contributed by atoms with E-state index in [-0.39, 0.29) is 17.9 Å². The number of carbonyl (C=O) groups is 2. The van der Waals surface area contributed by atoms with Gasteiger partial charge < -0.3 is 19.7 Å². The molecule has 2 heterocycles. The maximum Gasteiger partial charge on any atom is 0.338 e. The molecule has 0 radical (unpaired) electrons. The molecule has 0 spiro atoms. The molecule has 0 bridgehead atoms. The van der Waals surface area contributed by atoms with Crippen LogP contribution in [0.1, 0.15) is 42.2 Å². The van der Waals surface area contributed by atoms with Crippen molar-refractivity contribution in [2.45, 2.75) is 26.3 Å². The number of amidine groups is 1. The minimum atomic E-state index is -0.357. The van der Waals surface area contributed by atoms with Gasteiger partial charge in [-0.25, -0.2) is 9.79 Å². The second kappa shape index (κ2) is 10.1. The highest BCUT2D eigenvalue weighted by molar-refractivity contribution is 8.13. The van der Waals surface area contributed by atoms with Crippen LogP contribution in [0.15, 0.2) is 64.8 Å². The second-order valence-electron chi connectivity index (χ2n) is 7.72. The molecule has 2 aromatic carbocycles. The van der Waals surface area contributed by atoms with Crippen LogP contribution in [0.5, 0.6) is 5.75 Å². The van der Waals surface area contributed by atoms with Gasteiger partial charge in [-0.3, -0.25) is 4.79 Å². The number of thioether (sulfide) groups is 1. The number of allylic oxidation sites excluding steroid dienone is 1. The van der Waals surface area contributed by atoms with E-state index in [2.05, 4.69) is 10.2 Å². The lowest BCUT2D eigenvalue weighted by atomic mass is 9.94. The van der Waals surface area contributed by atoms with Gasteiger partial charge in [-0.05, 0) is 56.2 Å². The highest BCUT2D eigenvalue weighted by Crippen LogP contribution is 2.40. The maximum absolute atomic E-state index is 12.9. The molecular weight excluding hydrogens is 438 g/mol. The Morgan fingerprint density at radius 1 is 1.21 bits per heavy atom. The van der Waals surface area contributed by atoms with Crippen LogP contribution in [0.2, 0.25) is 0 Å². The first kappa shape index (κ1) is 22.9. The maximum atomic E-state index is 12.9. The smallest absolute Gasteiger partial charge is 0.338 e. The van der Waals surface area contributed by atoms with E-state index < -0.39 is 0 Å². The van der Waals surface area contributed by atoms with Crippen LogP contribution in [0.25, 0.3) is 0 Å². The molecule has 2 aromatic rings. The molecule has 1 saturated heterocycles. The number of amides is 1. The zero-order valence-corrected chi connectivity index (χ0v) is 19.8. The molecule has 1 N–H and O–H groups in total. The third-order valence-electron chi connectivity index (χ3n) is 5.55. The summed E-state index contributed by atoms with van der Waals surface area (Å²) in [4.78, 5) is 32.6. The number of anilines is 1. The number of aliphatic imine (C=N–C) groups is 1. The second-order valence-corrected chi connectivity index (χ2v) is 8.79. The van der Waals surface area contributed by atoms with E-state index in [1.807, 2.05) is 31.2 Å². The summed E-state index contributed by atoms with van der Waals surface area (Å²) >= 11 is 1.70. The van der Waals surface area contributed by atoms with Crippen molar-refractivity contribution in [1.82, 2.24) is 4.90 Å². The van der Waals surface area contributed by atoms with Crippen molar-refractivity contribution in [3.63, 3.8) is 0 Å². The lowest BCUT2D eigenvalue weighted by molar-refractivity contribution is -0.139. The van der Waals surface area contributed by atoms with Gasteiger partial charge in [0, 0.05) is 23.5 Å². The molecule has 2 aliphatic rings. The molecule has 4 rings (SSSR count). The number of hydrogen-bond donors (Lipinski definition) is 1. The van der Waals surface area contributed by atoms with Crippen LogP contribution in [-0.4, -0.2) is 48.0 Å². The van der Waals surface area contributed by atoms with Crippen LogP contribution in [0, 0.1) is 0 Å². The fourth-order valence-corrected chi connectivity index (χ4v) is 5.06. The monoisotopic (exact) mass is 465 g/mol. The molecule has 0 aliphatic carbocycles. The van der Waals surface area contributed by atoms with Crippen LogP contribution in [0.4, 0.5) is 5.69 Å². The van der Waals surface area contributed by atoms with Gasteiger partial charge in [0.15, 0.2) is 5.17 Å². The van der Waals surface area contributed by atoms with Gasteiger partial charge in [-0.15, -0.1) is 0 Å². The van der Waals surface area contributed by atoms with Crippen LogP contribution in [0.3, 0.4) is 0 Å². The molecule has 0 unspecified atom stereocenters. The van der Waals surface area contributed by atoms with Gasteiger partial charge in [-0.2, -0.15) is 0 Å². The van der Waals surface area contributed by atoms with E-state index in [0.717, 1.165) is 29.4 Å². The van der Waals surface area contributed by atoms with E-state index in [1.54, 1.807) is 50.1 Å². The molecule has 0 saturated carbocycles. The Balaban J connectivity index is 1.67. The number of ether oxygens (including phenoxy) is 2. The van der Waals surface area contributed by atoms with Gasteiger partial charge >= 0.3 is 5.97 Å². The Bertz CT molecular complexity index is 1130. The molecule has 7 nitrogen and oxygen atoms in total. The van der Waals surface area contributed by atoms with Crippen molar-refractivity contribution >= 4 is 34.5 Å². The fourth-order valence-electron chi connectivity index (χ4n) is 4.04. The van der Waals surface area contributed by atoms with Crippen LogP contribution in [-0.2, 0) is 9.53 Å². The summed E-state index contributed by atoms with van der Waals surface area (Å²) in [5, 5.41) is 3.88. The van der Waals surface area contributed by atoms with E-state index >= 15 is 0 Å². The highest BCUT2D eigenvalue weighted by Gasteiger charge is 2.37. The van der Waals surface area contributed by atoms with E-state index in [0.29, 0.717) is 34.9 Å². The molecular formula is C25H27N3O4S. The summed E-state index contributed by atoms with van der Waals surface area (Å²) in [6, 6.07) is 14.3. The van der Waals surface area contributed by atoms with Crippen molar-refractivity contribution in [3.05, 3.63) is 70.9 Å². The van der Waals surface area contributed by atoms with Crippen molar-refractivity contribution in [3.8, 4) is 5.75 Å². The molecule has 0 aromatic heterocycles. The largest absolute Gasteiger partial charge is 0.497 e. The molecule has 172 valence electrons. The number of carbonyl (C=O) groups excluding carboxylic acids is 2. The molecule has 1 amide bonds. The van der Waals surface area contributed by atoms with E-state index in [9.17, 15) is 9.59 Å². The summed E-state index contributed by atoms with van der Waals surface area (Å²) in [6.07, 6.45) is 1.00. The van der Waals surface area contributed by atoms with E-state index in [1.165, 1.54) is 0 Å². The van der Waals surface area contributed by atoms with E-state index in [4.69, 9.17) is 14.5 Å². The number of nitrogens with zero attached hydrogens (tertiary/aromatic N) is 2. The zero-order chi connectivity index (χ0) is 23.4. The topological polar surface area (TPSA) is 80.2 Å². The number of methoxy groups -OCH3 is 1. The SMILES string of the molecule is CCOC(=O)C1=C(C)N=C2SCCCN2[C@H]1c1cccc(NC(=O)c2cccc(OC)c2)c1. The summed E-state index contributed by atoms with van der Waals surface area (Å²) in [7, 11) is 1.57. The van der Waals surface area contributed by atoms with Crippen molar-refractivity contribution in [2.24, 2.45) is 4.99 Å². The van der Waals surface area contributed by atoms with Gasteiger partial charge in [0.25, 0.3) is 5.91 Å². The van der Waals surface area contributed by atoms with Crippen molar-refractivity contribution < 1.29 is 19.1 Å². The standard InChI is InChI=1S/C25H27N3O4S/c1-4-32-24(30)21-16(2)26-25-28(12-7-13-33-25)22(21)17-8-5-10-19(14-17)27-23(29)18-9-6-11-20(15-18)31-3/h5-6,8-11,14-15,22H,4,7,12-13H2,1-3H3,(H,27,29)/t22-/m0/s1. The number of hydrogen-bond acceptors (Lipinski definition) is 7. The molecule has 1 fully saturated rings. The highest BCUT2D eigenvalue weighted by atomic mass is 32.2. The van der Waals surface area contributed by atoms with Gasteiger partial charge in [0.2, 0.25) is 0 Å². The first-order valence-electron chi connectivity index (χ1n) is 10.9. The number of fused-ring (bicyclic) bond motifs is 1. The van der Waals surface area contributed by atoms with Gasteiger partial charge in [0.05, 0.1) is 31.0 Å². The summed E-state index contributed by atoms with van der Waals surface area (Å²) in [5.41, 5.74) is 3.26. The Morgan fingerprint density at radius 3 is 2.82 bits per heavy atom. The van der Waals surface area contributed by atoms with Crippen LogP contribution >= 0.6 is 11.8 Å². The normalized spacial score (nSPS) is 17.7. The minimum Gasteiger partial charge on any atom is -0.497 e. The number of nitrogens with one attached hydrogen (secondary N) is 1. The first-order valence-corrected chi connectivity index (χ1v) is 11.9. The van der Waals surface area contributed by atoms with Crippen molar-refractivity contribution in [1.29, 1.82) is 0 Å². The van der Waals surface area contributed by atoms with Gasteiger partial charge in [0.1, 0.15) is 5.75 Å². The molecule has 33 heavy (non-hydrogen) atoms. The quantitative estimate of drug-likeness (QED) is 0.627. The molecule has 1 atom stereocenters. The van der Waals surface area contributed by atoms with Crippen LogP contribution < -0.4 is 10.1 Å². The Morgan fingerprint density at radius 2 is 2.03 bits per heavy atom. The van der Waals surface area contributed by atoms with Crippen molar-refractivity contribution in [2.75, 3.05) is 31.3 Å². The number of rotatable bonds is 6. The fraction of sp³-hybridized carbons (Fsp3) is 0.320. The Hall–Kier alpha value is -3.26.